The van der Waals surface area contributed by atoms with E-state index in [-0.39, 0.29) is 16.6 Å². The monoisotopic (exact) mass is 359 g/mol. The molecule has 1 amide bonds. The smallest absolute Gasteiger partial charge is 0.221 e. The maximum Gasteiger partial charge on any atom is 0.221 e. The number of aryl methyl sites for hydroxylation is 1. The van der Waals surface area contributed by atoms with E-state index < -0.39 is 5.78 Å². The number of carbonyl (C=O) groups excluding carboxylic acids is 2. The third-order valence-electron chi connectivity index (χ3n) is 4.09. The van der Waals surface area contributed by atoms with Crippen molar-refractivity contribution in [3.63, 3.8) is 0 Å². The van der Waals surface area contributed by atoms with E-state index in [0.717, 1.165) is 23.5 Å². The molecule has 1 aromatic rings. The third-order valence-corrected chi connectivity index (χ3v) is 4.54. The molecule has 0 aliphatic heterocycles. The third kappa shape index (κ3) is 4.17. The Morgan fingerprint density at radius 1 is 1.32 bits per heavy atom. The molecule has 0 saturated heterocycles. The molecule has 25 heavy (non-hydrogen) atoms. The van der Waals surface area contributed by atoms with Gasteiger partial charge in [0.1, 0.15) is 0 Å². The predicted molar refractivity (Wildman–Crippen MR) is 103 cm³/mol. The summed E-state index contributed by atoms with van der Waals surface area (Å²) < 4.78 is 0. The van der Waals surface area contributed by atoms with Crippen molar-refractivity contribution >= 4 is 40.4 Å². The maximum atomic E-state index is 12.2. The zero-order valence-electron chi connectivity index (χ0n) is 15.1. The van der Waals surface area contributed by atoms with Crippen molar-refractivity contribution in [1.82, 2.24) is 5.32 Å². The van der Waals surface area contributed by atoms with Gasteiger partial charge in [-0.25, -0.2) is 4.99 Å². The van der Waals surface area contributed by atoms with Crippen molar-refractivity contribution in [3.8, 4) is 0 Å². The first-order valence-corrected chi connectivity index (χ1v) is 8.43. The number of amides is 1. The Bertz CT molecular complexity index is 822. The summed E-state index contributed by atoms with van der Waals surface area (Å²) >= 11 is 6.13. The van der Waals surface area contributed by atoms with E-state index in [1.54, 1.807) is 13.0 Å². The van der Waals surface area contributed by atoms with Gasteiger partial charge in [-0.3, -0.25) is 9.59 Å². The molecule has 0 atom stereocenters. The van der Waals surface area contributed by atoms with Crippen LogP contribution >= 0.6 is 11.6 Å². The number of hydrogen-bond acceptors (Lipinski definition) is 4. The molecule has 0 aromatic heterocycles. The summed E-state index contributed by atoms with van der Waals surface area (Å²) in [6.07, 6.45) is 1.57. The van der Waals surface area contributed by atoms with Crippen LogP contribution < -0.4 is 10.2 Å². The molecule has 1 N–H and O–H groups in total. The Morgan fingerprint density at radius 3 is 2.56 bits per heavy atom. The Hall–Kier alpha value is -2.40. The van der Waals surface area contributed by atoms with Crippen molar-refractivity contribution in [2.45, 2.75) is 27.7 Å². The average Bonchev–Trinajstić information content (AvgIpc) is 2.57. The fourth-order valence-electron chi connectivity index (χ4n) is 2.42. The van der Waals surface area contributed by atoms with Crippen LogP contribution in [0.3, 0.4) is 0 Å². The fourth-order valence-corrected chi connectivity index (χ4v) is 2.62. The number of halogens is 1. The average molecular weight is 360 g/mol. The summed E-state index contributed by atoms with van der Waals surface area (Å²) in [5.41, 5.74) is 4.22. The van der Waals surface area contributed by atoms with Crippen LogP contribution in [0.1, 0.15) is 26.3 Å². The fraction of sp³-hybridized carbons (Fsp3) is 0.316. The van der Waals surface area contributed by atoms with Gasteiger partial charge in [-0.05, 0) is 56.2 Å². The van der Waals surface area contributed by atoms with Gasteiger partial charge in [0, 0.05) is 26.2 Å². The first-order chi connectivity index (χ1) is 11.7. The molecule has 0 saturated carbocycles. The van der Waals surface area contributed by atoms with Gasteiger partial charge in [0.15, 0.2) is 0 Å². The van der Waals surface area contributed by atoms with Gasteiger partial charge in [0.05, 0.1) is 22.1 Å². The number of rotatable bonds is 4. The van der Waals surface area contributed by atoms with E-state index >= 15 is 0 Å². The highest BCUT2D eigenvalue weighted by molar-refractivity contribution is 6.49. The van der Waals surface area contributed by atoms with Gasteiger partial charge in [-0.15, -0.1) is 0 Å². The molecule has 1 aliphatic carbocycles. The van der Waals surface area contributed by atoms with Gasteiger partial charge in [-0.1, -0.05) is 11.6 Å². The number of Topliss-reactive ketones (excluding diaryl/α,β-unsaturated/α-hetero) is 1. The van der Waals surface area contributed by atoms with Gasteiger partial charge >= 0.3 is 0 Å². The number of anilines is 1. The lowest BCUT2D eigenvalue weighted by Crippen LogP contribution is -2.29. The lowest BCUT2D eigenvalue weighted by atomic mass is 10.0. The van der Waals surface area contributed by atoms with E-state index in [1.807, 2.05) is 26.1 Å². The zero-order chi connectivity index (χ0) is 18.7. The normalized spacial score (nSPS) is 16.2. The second-order valence-electron chi connectivity index (χ2n) is 5.99. The largest absolute Gasteiger partial charge is 0.375 e. The maximum absolute atomic E-state index is 12.2. The molecule has 0 unspecified atom stereocenters. The van der Waals surface area contributed by atoms with E-state index in [1.165, 1.54) is 6.92 Å². The van der Waals surface area contributed by atoms with Crippen molar-refractivity contribution < 1.29 is 9.59 Å². The summed E-state index contributed by atoms with van der Waals surface area (Å²) in [6.45, 7) is 8.08. The highest BCUT2D eigenvalue weighted by Gasteiger charge is 2.24. The first kappa shape index (κ1) is 18.9. The van der Waals surface area contributed by atoms with Crippen molar-refractivity contribution in [1.29, 1.82) is 0 Å². The quantitative estimate of drug-likeness (QED) is 0.835. The molecule has 132 valence electrons. The molecular formula is C19H22ClN3O2. The number of benzene rings is 1. The van der Waals surface area contributed by atoms with Crippen LogP contribution in [0, 0.1) is 6.92 Å². The van der Waals surface area contributed by atoms with E-state index in [0.29, 0.717) is 11.3 Å². The second kappa shape index (κ2) is 7.66. The number of carbonyl (C=O) groups is 2. The zero-order valence-corrected chi connectivity index (χ0v) is 15.9. The second-order valence-corrected chi connectivity index (χ2v) is 6.37. The summed E-state index contributed by atoms with van der Waals surface area (Å²) in [4.78, 5) is 30.2. The molecule has 6 heteroatoms. The minimum absolute atomic E-state index is 0.0741. The van der Waals surface area contributed by atoms with Crippen LogP contribution in [0.25, 0.3) is 0 Å². The van der Waals surface area contributed by atoms with Crippen LogP contribution in [0.4, 0.5) is 11.4 Å². The lowest BCUT2D eigenvalue weighted by Gasteiger charge is -2.18. The Balaban J connectivity index is 2.46. The number of allylic oxidation sites excluding steroid dienone is 3. The van der Waals surface area contributed by atoms with E-state index in [2.05, 4.69) is 28.2 Å². The van der Waals surface area contributed by atoms with Gasteiger partial charge in [-0.2, -0.15) is 0 Å². The van der Waals surface area contributed by atoms with Crippen molar-refractivity contribution in [3.05, 3.63) is 46.1 Å². The van der Waals surface area contributed by atoms with Crippen LogP contribution in [-0.2, 0) is 9.59 Å². The molecule has 0 heterocycles. The number of ketones is 1. The molecular weight excluding hydrogens is 338 g/mol. The molecule has 0 radical (unpaired) electrons. The molecule has 0 spiro atoms. The molecule has 5 nitrogen and oxygen atoms in total. The van der Waals surface area contributed by atoms with Crippen LogP contribution in [0.15, 0.2) is 45.6 Å². The van der Waals surface area contributed by atoms with E-state index in [4.69, 9.17) is 11.6 Å². The minimum atomic E-state index is -0.398. The Kier molecular flexibility index (Phi) is 5.80. The van der Waals surface area contributed by atoms with Crippen molar-refractivity contribution in [2.24, 2.45) is 4.99 Å². The predicted octanol–water partition coefficient (Wildman–Crippen LogP) is 3.64. The lowest BCUT2D eigenvalue weighted by molar-refractivity contribution is -0.120. The summed E-state index contributed by atoms with van der Waals surface area (Å²) in [7, 11) is 2.03. The highest BCUT2D eigenvalue weighted by Crippen LogP contribution is 2.28. The van der Waals surface area contributed by atoms with Crippen molar-refractivity contribution in [2.75, 3.05) is 18.5 Å². The minimum Gasteiger partial charge on any atom is -0.375 e. The summed E-state index contributed by atoms with van der Waals surface area (Å²) in [5, 5.41) is 2.59. The van der Waals surface area contributed by atoms with Gasteiger partial charge in [0.2, 0.25) is 11.7 Å². The first-order valence-electron chi connectivity index (χ1n) is 8.05. The molecule has 0 fully saturated rings. The molecule has 1 aliphatic rings. The Labute approximate surface area is 153 Å². The summed E-state index contributed by atoms with van der Waals surface area (Å²) in [5.74, 6) is -0.726. The topological polar surface area (TPSA) is 61.8 Å². The number of nitrogens with one attached hydrogen (secondary N) is 1. The molecule has 1 aromatic carbocycles. The molecule has 0 bridgehead atoms. The Morgan fingerprint density at radius 2 is 2.00 bits per heavy atom. The SMILES string of the molecule is CCN(C)c1ccc(/N=C2\C=C(NC(C)=O)C(=O)C(Cl)=C2C)c(C)c1. The van der Waals surface area contributed by atoms with Gasteiger partial charge in [0.25, 0.3) is 0 Å². The highest BCUT2D eigenvalue weighted by atomic mass is 35.5. The molecule has 2 rings (SSSR count). The van der Waals surface area contributed by atoms with Crippen LogP contribution in [0.5, 0.6) is 0 Å². The van der Waals surface area contributed by atoms with Crippen LogP contribution in [-0.4, -0.2) is 31.0 Å². The van der Waals surface area contributed by atoms with E-state index in [9.17, 15) is 9.59 Å². The summed E-state index contributed by atoms with van der Waals surface area (Å²) in [6, 6.07) is 6.01. The van der Waals surface area contributed by atoms with Crippen LogP contribution in [0.2, 0.25) is 0 Å². The number of aliphatic imine (C=N–C) groups is 1. The number of nitrogens with zero attached hydrogens (tertiary/aromatic N) is 2. The standard InChI is InChI=1S/C19H22ClN3O2/c1-6-23(5)14-7-8-15(11(2)9-14)22-16-10-17(21-13(4)24)19(25)18(20)12(16)3/h7-10H,6H2,1-5H3,(H,21,24)/b22-16+. The van der Waals surface area contributed by atoms with Gasteiger partial charge < -0.3 is 10.2 Å². The number of hydrogen-bond donors (Lipinski definition) is 1.